The zero-order valence-corrected chi connectivity index (χ0v) is 15.3. The van der Waals surface area contributed by atoms with E-state index in [1.807, 2.05) is 0 Å². The first-order chi connectivity index (χ1) is 13.4. The molecule has 1 N–H and O–H groups in total. The molecular formula is C21H18F6O2. The fraction of sp³-hybridized carbons (Fsp3) is 0.286. The average molecular weight is 416 g/mol. The highest BCUT2D eigenvalue weighted by Gasteiger charge is 2.45. The molecule has 0 spiro atoms. The second-order valence-corrected chi connectivity index (χ2v) is 6.58. The molecule has 0 heterocycles. The van der Waals surface area contributed by atoms with Gasteiger partial charge in [0, 0.05) is 5.57 Å². The van der Waals surface area contributed by atoms with Crippen LogP contribution in [0.4, 0.5) is 26.3 Å². The van der Waals surface area contributed by atoms with Gasteiger partial charge in [-0.3, -0.25) is 0 Å². The summed E-state index contributed by atoms with van der Waals surface area (Å²) < 4.78 is 72.9. The third-order valence-corrected chi connectivity index (χ3v) is 4.28. The van der Waals surface area contributed by atoms with E-state index in [0.717, 1.165) is 13.3 Å². The Morgan fingerprint density at radius 3 is 1.86 bits per heavy atom. The van der Waals surface area contributed by atoms with Crippen molar-refractivity contribution in [1.82, 2.24) is 0 Å². The van der Waals surface area contributed by atoms with E-state index in [9.17, 15) is 31.1 Å². The fourth-order valence-electron chi connectivity index (χ4n) is 2.86. The molecule has 0 fully saturated rings. The maximum atomic E-state index is 12.7. The molecule has 8 heteroatoms. The van der Waals surface area contributed by atoms with Gasteiger partial charge in [-0.1, -0.05) is 48.5 Å². The number of carboxylic acid groups (broad SMARTS) is 1. The van der Waals surface area contributed by atoms with Crippen LogP contribution in [0.25, 0.3) is 11.1 Å². The monoisotopic (exact) mass is 416 g/mol. The molecule has 1 atom stereocenters. The van der Waals surface area contributed by atoms with E-state index in [4.69, 9.17) is 5.11 Å². The van der Waals surface area contributed by atoms with Crippen LogP contribution in [0.2, 0.25) is 0 Å². The van der Waals surface area contributed by atoms with E-state index >= 15 is 0 Å². The van der Waals surface area contributed by atoms with Crippen molar-refractivity contribution in [1.29, 1.82) is 0 Å². The molecule has 1 aliphatic rings. The average Bonchev–Trinajstić information content (AvgIpc) is 2.99. The molecule has 0 saturated carbocycles. The van der Waals surface area contributed by atoms with Gasteiger partial charge in [-0.2, -0.15) is 22.0 Å². The number of aliphatic carboxylic acids is 1. The third kappa shape index (κ3) is 6.10. The predicted molar refractivity (Wildman–Crippen MR) is 96.6 cm³/mol. The highest BCUT2D eigenvalue weighted by Crippen LogP contribution is 2.36. The van der Waals surface area contributed by atoms with Gasteiger partial charge in [0.15, 0.2) is 6.17 Å². The molecular weight excluding hydrogens is 398 g/mol. The lowest BCUT2D eigenvalue weighted by Gasteiger charge is -2.18. The Morgan fingerprint density at radius 1 is 1.00 bits per heavy atom. The first-order valence-corrected chi connectivity index (χ1v) is 8.58. The Kier molecular flexibility index (Phi) is 6.77. The fourth-order valence-corrected chi connectivity index (χ4v) is 2.86. The smallest absolute Gasteiger partial charge is 0.392 e. The minimum atomic E-state index is -5.08. The number of hydrogen-bond donors (Lipinski definition) is 1. The van der Waals surface area contributed by atoms with Crippen LogP contribution in [0, 0.1) is 0 Å². The highest BCUT2D eigenvalue weighted by molar-refractivity contribution is 5.86. The summed E-state index contributed by atoms with van der Waals surface area (Å²) in [6.45, 7) is 0.733. The largest absolute Gasteiger partial charge is 0.478 e. The minimum Gasteiger partial charge on any atom is -0.478 e. The summed E-state index contributed by atoms with van der Waals surface area (Å²) in [6.07, 6.45) is -10.1. The molecule has 0 amide bonds. The Hall–Kier alpha value is -2.77. The summed E-state index contributed by atoms with van der Waals surface area (Å²) in [6, 6.07) is 17.3. The number of halogens is 6. The van der Waals surface area contributed by atoms with Crippen LogP contribution in [-0.4, -0.2) is 29.3 Å². The second-order valence-electron chi connectivity index (χ2n) is 6.58. The van der Waals surface area contributed by atoms with Gasteiger partial charge in [0.2, 0.25) is 0 Å². The van der Waals surface area contributed by atoms with E-state index in [2.05, 4.69) is 48.5 Å². The first-order valence-electron chi connectivity index (χ1n) is 8.58. The molecule has 0 radical (unpaired) electrons. The number of alkyl halides is 6. The quantitative estimate of drug-likeness (QED) is 0.406. The van der Waals surface area contributed by atoms with Gasteiger partial charge in [-0.05, 0) is 41.7 Å². The Bertz CT molecular complexity index is 859. The molecule has 2 aromatic rings. The summed E-state index contributed by atoms with van der Waals surface area (Å²) in [4.78, 5) is 10.1. The number of hydrogen-bond acceptors (Lipinski definition) is 1. The Labute approximate surface area is 163 Å². The van der Waals surface area contributed by atoms with Crippen molar-refractivity contribution in [3.8, 4) is 11.1 Å². The van der Waals surface area contributed by atoms with Gasteiger partial charge >= 0.3 is 12.1 Å². The predicted octanol–water partition coefficient (Wildman–Crippen LogP) is 6.20. The van der Waals surface area contributed by atoms with Crippen LogP contribution in [-0.2, 0) is 11.2 Å². The van der Waals surface area contributed by atoms with Crippen LogP contribution in [0.3, 0.4) is 0 Å². The molecule has 0 saturated heterocycles. The zero-order valence-electron chi connectivity index (χ0n) is 15.3. The second kappa shape index (κ2) is 8.71. The number of carbonyl (C=O) groups is 1. The number of benzene rings is 2. The lowest BCUT2D eigenvalue weighted by molar-refractivity contribution is -0.168. The first kappa shape index (κ1) is 22.5. The molecule has 0 aliphatic heterocycles. The number of allylic oxidation sites excluding steroid dienone is 1. The van der Waals surface area contributed by atoms with Crippen LogP contribution in [0.5, 0.6) is 0 Å². The van der Waals surface area contributed by atoms with E-state index in [-0.39, 0.29) is 6.08 Å². The molecule has 0 aromatic heterocycles. The zero-order chi connectivity index (χ0) is 21.8. The number of fused-ring (bicyclic) bond motifs is 3. The van der Waals surface area contributed by atoms with Gasteiger partial charge in [0.1, 0.15) is 0 Å². The van der Waals surface area contributed by atoms with Crippen molar-refractivity contribution in [2.45, 2.75) is 38.0 Å². The Morgan fingerprint density at radius 2 is 1.45 bits per heavy atom. The molecule has 1 unspecified atom stereocenters. The van der Waals surface area contributed by atoms with Crippen LogP contribution in [0.1, 0.15) is 24.5 Å². The standard InChI is InChI=1S/C13H10.C8H8F6O2/c1-3-7-12-10(5-1)9-11-6-2-4-8-13(11)12;1-4(6(15)16)2-7(10,11)5(9)3-8(12,13)14/h1-8H,9H2;2,5H,3H2,1H3,(H,15,16). The summed E-state index contributed by atoms with van der Waals surface area (Å²) in [5.41, 5.74) is 4.83. The number of rotatable bonds is 4. The van der Waals surface area contributed by atoms with Crippen LogP contribution >= 0.6 is 0 Å². The van der Waals surface area contributed by atoms with Gasteiger partial charge in [-0.25, -0.2) is 9.18 Å². The SMILES string of the molecule is CC(=CC(F)(F)C(F)CC(F)(F)F)C(=O)O.c1ccc2c(c1)Cc1ccccc1-2. The molecule has 2 aromatic carbocycles. The van der Waals surface area contributed by atoms with Crippen molar-refractivity contribution >= 4 is 5.97 Å². The van der Waals surface area contributed by atoms with Crippen LogP contribution in [0.15, 0.2) is 60.2 Å². The van der Waals surface area contributed by atoms with E-state index in [0.29, 0.717) is 0 Å². The molecule has 3 rings (SSSR count). The van der Waals surface area contributed by atoms with Crippen LogP contribution < -0.4 is 0 Å². The topological polar surface area (TPSA) is 37.3 Å². The van der Waals surface area contributed by atoms with Gasteiger partial charge in [-0.15, -0.1) is 0 Å². The maximum Gasteiger partial charge on any atom is 0.392 e. The molecule has 156 valence electrons. The van der Waals surface area contributed by atoms with Gasteiger partial charge in [0.05, 0.1) is 6.42 Å². The summed E-state index contributed by atoms with van der Waals surface area (Å²) in [5, 5.41) is 8.21. The normalized spacial score (nSPS) is 14.4. The Balaban J connectivity index is 0.000000209. The van der Waals surface area contributed by atoms with Crippen molar-refractivity contribution in [2.24, 2.45) is 0 Å². The molecule has 0 bridgehead atoms. The molecule has 2 nitrogen and oxygen atoms in total. The lowest BCUT2D eigenvalue weighted by Crippen LogP contribution is -2.33. The van der Waals surface area contributed by atoms with Crippen molar-refractivity contribution in [3.05, 3.63) is 71.3 Å². The highest BCUT2D eigenvalue weighted by atomic mass is 19.4. The van der Waals surface area contributed by atoms with E-state index in [1.165, 1.54) is 22.3 Å². The number of carboxylic acids is 1. The third-order valence-electron chi connectivity index (χ3n) is 4.28. The van der Waals surface area contributed by atoms with Crippen molar-refractivity contribution in [2.75, 3.05) is 0 Å². The summed E-state index contributed by atoms with van der Waals surface area (Å²) >= 11 is 0. The van der Waals surface area contributed by atoms with Crippen molar-refractivity contribution < 1.29 is 36.2 Å². The van der Waals surface area contributed by atoms with Crippen molar-refractivity contribution in [3.63, 3.8) is 0 Å². The maximum absolute atomic E-state index is 12.7. The van der Waals surface area contributed by atoms with Gasteiger partial charge in [0.25, 0.3) is 5.92 Å². The van der Waals surface area contributed by atoms with E-state index < -0.39 is 36.2 Å². The molecule has 1 aliphatic carbocycles. The molecule has 29 heavy (non-hydrogen) atoms. The van der Waals surface area contributed by atoms with Gasteiger partial charge < -0.3 is 5.11 Å². The summed E-state index contributed by atoms with van der Waals surface area (Å²) in [5.74, 6) is -6.21. The van der Waals surface area contributed by atoms with E-state index in [1.54, 1.807) is 0 Å². The lowest BCUT2D eigenvalue weighted by atomic mass is 10.1. The minimum absolute atomic E-state index is 0.328. The summed E-state index contributed by atoms with van der Waals surface area (Å²) in [7, 11) is 0.